The van der Waals surface area contributed by atoms with Crippen LogP contribution in [0.5, 0.6) is 0 Å². The molecule has 1 aliphatic rings. The minimum absolute atomic E-state index is 0.119. The molecule has 0 saturated carbocycles. The Bertz CT molecular complexity index is 734. The molecular weight excluding hydrogens is 367 g/mol. The first-order valence-corrected chi connectivity index (χ1v) is 7.83. The van der Waals surface area contributed by atoms with E-state index in [1.165, 1.54) is 23.1 Å². The van der Waals surface area contributed by atoms with Crippen LogP contribution in [0.3, 0.4) is 0 Å². The first-order chi connectivity index (χ1) is 10.4. The van der Waals surface area contributed by atoms with E-state index in [4.69, 9.17) is 35.4 Å². The molecule has 0 aliphatic carbocycles. The summed E-state index contributed by atoms with van der Waals surface area (Å²) < 4.78 is 0.383. The number of benzene rings is 1. The normalized spacial score (nSPS) is 16.5. The van der Waals surface area contributed by atoms with Crippen LogP contribution in [0, 0.1) is 10.1 Å². The molecule has 1 fully saturated rings. The second-order valence-corrected chi connectivity index (χ2v) is 6.59. The molecule has 0 unspecified atom stereocenters. The monoisotopic (exact) mass is 374 g/mol. The molecule has 1 aromatic rings. The van der Waals surface area contributed by atoms with Crippen LogP contribution in [0.15, 0.2) is 29.7 Å². The Kier molecular flexibility index (Phi) is 5.23. The van der Waals surface area contributed by atoms with Crippen molar-refractivity contribution in [2.45, 2.75) is 0 Å². The topological polar surface area (TPSA) is 63.5 Å². The van der Waals surface area contributed by atoms with Gasteiger partial charge in [0.15, 0.2) is 0 Å². The third kappa shape index (κ3) is 3.17. The number of hydrogen-bond acceptors (Lipinski definition) is 5. The predicted molar refractivity (Wildman–Crippen MR) is 93.2 cm³/mol. The summed E-state index contributed by atoms with van der Waals surface area (Å²) in [5.74, 6) is -0.312. The number of rotatable bonds is 4. The molecular formula is C13H8Cl2N2O3S2. The molecule has 9 heteroatoms. The van der Waals surface area contributed by atoms with Gasteiger partial charge in [-0.1, -0.05) is 53.3 Å². The molecule has 1 heterocycles. The van der Waals surface area contributed by atoms with E-state index in [-0.39, 0.29) is 27.2 Å². The summed E-state index contributed by atoms with van der Waals surface area (Å²) in [6, 6.07) is 2.58. The predicted octanol–water partition coefficient (Wildman–Crippen LogP) is 4.29. The van der Waals surface area contributed by atoms with Gasteiger partial charge >= 0.3 is 0 Å². The standard InChI is InChI=1S/C13H8Cl2N2O3S2/c1-2-5-16-12(18)10(22-13(16)21)6-7-8(14)3-4-9(11(7)15)17(19)20/h2-4,6H,1,5H2/b10-6+. The fraction of sp³-hybridized carbons (Fsp3) is 0.0769. The summed E-state index contributed by atoms with van der Waals surface area (Å²) >= 11 is 18.2. The quantitative estimate of drug-likeness (QED) is 0.258. The van der Waals surface area contributed by atoms with E-state index in [0.717, 1.165) is 11.8 Å². The summed E-state index contributed by atoms with van der Waals surface area (Å²) in [6.07, 6.45) is 2.97. The van der Waals surface area contributed by atoms with Crippen molar-refractivity contribution in [3.05, 3.63) is 55.4 Å². The third-order valence-electron chi connectivity index (χ3n) is 2.76. The van der Waals surface area contributed by atoms with Crippen molar-refractivity contribution < 1.29 is 9.72 Å². The Morgan fingerprint density at radius 2 is 2.14 bits per heavy atom. The van der Waals surface area contributed by atoms with Crippen molar-refractivity contribution in [3.8, 4) is 0 Å². The first kappa shape index (κ1) is 17.0. The molecule has 5 nitrogen and oxygen atoms in total. The second kappa shape index (κ2) is 6.78. The lowest BCUT2D eigenvalue weighted by molar-refractivity contribution is -0.384. The zero-order chi connectivity index (χ0) is 16.4. The van der Waals surface area contributed by atoms with Gasteiger partial charge in [-0.25, -0.2) is 0 Å². The van der Waals surface area contributed by atoms with E-state index in [0.29, 0.717) is 15.8 Å². The number of nitro benzene ring substituents is 1. The van der Waals surface area contributed by atoms with Crippen LogP contribution in [0.4, 0.5) is 5.69 Å². The van der Waals surface area contributed by atoms with E-state index in [1.807, 2.05) is 0 Å². The van der Waals surface area contributed by atoms with Gasteiger partial charge in [-0.3, -0.25) is 19.8 Å². The zero-order valence-corrected chi connectivity index (χ0v) is 14.1. The number of thioether (sulfide) groups is 1. The highest BCUT2D eigenvalue weighted by molar-refractivity contribution is 8.26. The summed E-state index contributed by atoms with van der Waals surface area (Å²) in [5.41, 5.74) is -0.0597. The minimum atomic E-state index is -0.612. The number of thiocarbonyl (C=S) groups is 1. The van der Waals surface area contributed by atoms with E-state index in [9.17, 15) is 14.9 Å². The lowest BCUT2D eigenvalue weighted by atomic mass is 10.1. The van der Waals surface area contributed by atoms with E-state index in [2.05, 4.69) is 6.58 Å². The van der Waals surface area contributed by atoms with Gasteiger partial charge in [-0.05, 0) is 12.1 Å². The van der Waals surface area contributed by atoms with Crippen LogP contribution in [-0.2, 0) is 4.79 Å². The van der Waals surface area contributed by atoms with Crippen LogP contribution in [0.25, 0.3) is 6.08 Å². The van der Waals surface area contributed by atoms with Crippen molar-refractivity contribution in [3.63, 3.8) is 0 Å². The summed E-state index contributed by atoms with van der Waals surface area (Å²) in [4.78, 5) is 24.2. The van der Waals surface area contributed by atoms with E-state index in [1.54, 1.807) is 6.08 Å². The van der Waals surface area contributed by atoms with Crippen molar-refractivity contribution in [2.24, 2.45) is 0 Å². The average Bonchev–Trinajstić information content (AvgIpc) is 2.71. The van der Waals surface area contributed by atoms with Gasteiger partial charge < -0.3 is 0 Å². The molecule has 22 heavy (non-hydrogen) atoms. The van der Waals surface area contributed by atoms with Crippen LogP contribution in [0.1, 0.15) is 5.56 Å². The molecule has 0 bridgehead atoms. The number of carbonyl (C=O) groups excluding carboxylic acids is 1. The molecule has 1 aliphatic heterocycles. The van der Waals surface area contributed by atoms with Gasteiger partial charge in [0, 0.05) is 23.2 Å². The molecule has 1 aromatic carbocycles. The highest BCUT2D eigenvalue weighted by atomic mass is 35.5. The summed E-state index contributed by atoms with van der Waals surface area (Å²) in [5, 5.41) is 11.0. The van der Waals surface area contributed by atoms with Crippen molar-refractivity contribution in [1.82, 2.24) is 4.90 Å². The summed E-state index contributed by atoms with van der Waals surface area (Å²) in [6.45, 7) is 3.85. The van der Waals surface area contributed by atoms with Gasteiger partial charge in [0.05, 0.1) is 9.83 Å². The fourth-order valence-corrected chi connectivity index (χ4v) is 3.55. The largest absolute Gasteiger partial charge is 0.289 e. The van der Waals surface area contributed by atoms with Gasteiger partial charge in [-0.2, -0.15) is 0 Å². The molecule has 1 saturated heterocycles. The van der Waals surface area contributed by atoms with Crippen LogP contribution in [-0.4, -0.2) is 26.6 Å². The molecule has 0 spiro atoms. The lowest BCUT2D eigenvalue weighted by Crippen LogP contribution is -2.27. The molecule has 2 rings (SSSR count). The van der Waals surface area contributed by atoms with Gasteiger partial charge in [-0.15, -0.1) is 6.58 Å². The van der Waals surface area contributed by atoms with Gasteiger partial charge in [0.25, 0.3) is 11.6 Å². The number of halogens is 2. The SMILES string of the molecule is C=CCN1C(=O)/C(=C\c2c(Cl)ccc([N+](=O)[O-])c2Cl)SC1=S. The maximum Gasteiger partial charge on any atom is 0.288 e. The molecule has 0 aromatic heterocycles. The average molecular weight is 375 g/mol. The molecule has 1 amide bonds. The Balaban J connectivity index is 2.48. The Morgan fingerprint density at radius 3 is 2.73 bits per heavy atom. The molecule has 0 N–H and O–H groups in total. The summed E-state index contributed by atoms with van der Waals surface area (Å²) in [7, 11) is 0. The van der Waals surface area contributed by atoms with Crippen molar-refractivity contribution in [1.29, 1.82) is 0 Å². The third-order valence-corrected chi connectivity index (χ3v) is 4.87. The first-order valence-electron chi connectivity index (χ1n) is 5.85. The molecule has 114 valence electrons. The van der Waals surface area contributed by atoms with Crippen molar-refractivity contribution >= 4 is 69.2 Å². The smallest absolute Gasteiger partial charge is 0.288 e. The van der Waals surface area contributed by atoms with E-state index < -0.39 is 4.92 Å². The number of carbonyl (C=O) groups is 1. The maximum absolute atomic E-state index is 12.2. The highest BCUT2D eigenvalue weighted by Crippen LogP contribution is 2.38. The van der Waals surface area contributed by atoms with Crippen LogP contribution < -0.4 is 0 Å². The number of nitrogens with zero attached hydrogens (tertiary/aromatic N) is 2. The molecule has 0 atom stereocenters. The molecule has 0 radical (unpaired) electrons. The number of nitro groups is 1. The highest BCUT2D eigenvalue weighted by Gasteiger charge is 2.31. The Hall–Kier alpha value is -1.41. The maximum atomic E-state index is 12.2. The van der Waals surface area contributed by atoms with E-state index >= 15 is 0 Å². The van der Waals surface area contributed by atoms with Crippen LogP contribution in [0.2, 0.25) is 10.0 Å². The number of hydrogen-bond donors (Lipinski definition) is 0. The zero-order valence-electron chi connectivity index (χ0n) is 10.9. The Morgan fingerprint density at radius 1 is 1.45 bits per heavy atom. The lowest BCUT2D eigenvalue weighted by Gasteiger charge is -2.10. The second-order valence-electron chi connectivity index (χ2n) is 4.13. The fourth-order valence-electron chi connectivity index (χ4n) is 1.75. The van der Waals surface area contributed by atoms with Gasteiger partial charge in [0.2, 0.25) is 0 Å². The van der Waals surface area contributed by atoms with Gasteiger partial charge in [0.1, 0.15) is 9.34 Å². The number of amides is 1. The van der Waals surface area contributed by atoms with Crippen LogP contribution >= 0.6 is 47.2 Å². The Labute approximate surface area is 145 Å². The minimum Gasteiger partial charge on any atom is -0.289 e. The van der Waals surface area contributed by atoms with Crippen molar-refractivity contribution in [2.75, 3.05) is 6.54 Å².